The molecule has 2 rings (SSSR count). The van der Waals surface area contributed by atoms with Gasteiger partial charge in [0.15, 0.2) is 0 Å². The standard InChI is InChI=1S/C19H18Cl2FN3O2/c1-11(18(26)24-14-7-5-13(22)6-8-14)3-4-12(2)23-19(27)16-10-9-15(20)17(21)25-16/h5-11H,2-4H2,1H3,(H,23,27)(H,24,26)/t11-/m0/s1. The zero-order valence-electron chi connectivity index (χ0n) is 14.6. The van der Waals surface area contributed by atoms with Gasteiger partial charge in [0.2, 0.25) is 5.91 Å². The molecule has 27 heavy (non-hydrogen) atoms. The number of hydrogen-bond acceptors (Lipinski definition) is 3. The van der Waals surface area contributed by atoms with Gasteiger partial charge in [-0.2, -0.15) is 0 Å². The van der Waals surface area contributed by atoms with Gasteiger partial charge in [-0.05, 0) is 49.2 Å². The molecule has 1 heterocycles. The predicted molar refractivity (Wildman–Crippen MR) is 104 cm³/mol. The Kier molecular flexibility index (Phi) is 7.33. The van der Waals surface area contributed by atoms with Crippen LogP contribution in [0.2, 0.25) is 10.2 Å². The van der Waals surface area contributed by atoms with Gasteiger partial charge < -0.3 is 10.6 Å². The Morgan fingerprint density at radius 3 is 2.48 bits per heavy atom. The van der Waals surface area contributed by atoms with Gasteiger partial charge >= 0.3 is 0 Å². The van der Waals surface area contributed by atoms with Crippen molar-refractivity contribution in [3.63, 3.8) is 0 Å². The summed E-state index contributed by atoms with van der Waals surface area (Å²) in [5, 5.41) is 5.63. The van der Waals surface area contributed by atoms with Crippen molar-refractivity contribution < 1.29 is 14.0 Å². The van der Waals surface area contributed by atoms with E-state index in [9.17, 15) is 14.0 Å². The van der Waals surface area contributed by atoms with Crippen molar-refractivity contribution in [2.75, 3.05) is 5.32 Å². The SMILES string of the molecule is C=C(CC[C@H](C)C(=O)Nc1ccc(F)cc1)NC(=O)c1ccc(Cl)c(Cl)n1. The fourth-order valence-electron chi connectivity index (χ4n) is 2.15. The first kappa shape index (κ1) is 20.9. The van der Waals surface area contributed by atoms with Gasteiger partial charge in [-0.1, -0.05) is 36.7 Å². The first-order chi connectivity index (χ1) is 12.8. The van der Waals surface area contributed by atoms with Crippen molar-refractivity contribution in [2.45, 2.75) is 19.8 Å². The quantitative estimate of drug-likeness (QED) is 0.643. The third-order valence-corrected chi connectivity index (χ3v) is 4.45. The smallest absolute Gasteiger partial charge is 0.274 e. The number of hydrogen-bond donors (Lipinski definition) is 2. The van der Waals surface area contributed by atoms with E-state index in [0.717, 1.165) is 0 Å². The summed E-state index contributed by atoms with van der Waals surface area (Å²) in [6.45, 7) is 5.55. The largest absolute Gasteiger partial charge is 0.326 e. The summed E-state index contributed by atoms with van der Waals surface area (Å²) >= 11 is 11.6. The zero-order valence-corrected chi connectivity index (χ0v) is 16.1. The summed E-state index contributed by atoms with van der Waals surface area (Å²) in [6.07, 6.45) is 0.881. The van der Waals surface area contributed by atoms with Crippen molar-refractivity contribution in [2.24, 2.45) is 5.92 Å². The molecule has 142 valence electrons. The molecule has 1 aromatic heterocycles. The summed E-state index contributed by atoms with van der Waals surface area (Å²) < 4.78 is 12.9. The van der Waals surface area contributed by atoms with Crippen molar-refractivity contribution >= 4 is 40.7 Å². The van der Waals surface area contributed by atoms with Crippen LogP contribution in [0.1, 0.15) is 30.3 Å². The number of nitrogens with one attached hydrogen (secondary N) is 2. The molecule has 2 aromatic rings. The van der Waals surface area contributed by atoms with Crippen LogP contribution in [0.15, 0.2) is 48.7 Å². The van der Waals surface area contributed by atoms with Gasteiger partial charge in [-0.25, -0.2) is 9.37 Å². The maximum absolute atomic E-state index is 12.9. The monoisotopic (exact) mass is 409 g/mol. The van der Waals surface area contributed by atoms with Gasteiger partial charge in [0.25, 0.3) is 5.91 Å². The molecular weight excluding hydrogens is 392 g/mol. The number of carbonyl (C=O) groups is 2. The molecule has 0 unspecified atom stereocenters. The zero-order chi connectivity index (χ0) is 20.0. The number of allylic oxidation sites excluding steroid dienone is 1. The van der Waals surface area contributed by atoms with E-state index in [2.05, 4.69) is 22.2 Å². The Morgan fingerprint density at radius 1 is 1.19 bits per heavy atom. The molecule has 0 aliphatic rings. The van der Waals surface area contributed by atoms with E-state index >= 15 is 0 Å². The van der Waals surface area contributed by atoms with Gasteiger partial charge in [0.05, 0.1) is 5.02 Å². The lowest BCUT2D eigenvalue weighted by Gasteiger charge is -2.14. The van der Waals surface area contributed by atoms with Crippen molar-refractivity contribution in [3.8, 4) is 0 Å². The van der Waals surface area contributed by atoms with E-state index in [1.165, 1.54) is 36.4 Å². The molecule has 1 aromatic carbocycles. The molecule has 0 radical (unpaired) electrons. The molecule has 1 atom stereocenters. The highest BCUT2D eigenvalue weighted by molar-refractivity contribution is 6.41. The second-order valence-electron chi connectivity index (χ2n) is 5.96. The second kappa shape index (κ2) is 9.48. The number of aromatic nitrogens is 1. The molecule has 0 aliphatic carbocycles. The van der Waals surface area contributed by atoms with Crippen LogP contribution in [0.4, 0.5) is 10.1 Å². The highest BCUT2D eigenvalue weighted by Crippen LogP contribution is 2.19. The molecule has 5 nitrogen and oxygen atoms in total. The predicted octanol–water partition coefficient (Wildman–Crippen LogP) is 4.83. The van der Waals surface area contributed by atoms with Crippen LogP contribution < -0.4 is 10.6 Å². The van der Waals surface area contributed by atoms with Crippen LogP contribution in [0.5, 0.6) is 0 Å². The van der Waals surface area contributed by atoms with Crippen LogP contribution in [0, 0.1) is 11.7 Å². The maximum Gasteiger partial charge on any atom is 0.274 e. The first-order valence-corrected chi connectivity index (χ1v) is 8.89. The number of anilines is 1. The molecular formula is C19H18Cl2FN3O2. The number of rotatable bonds is 7. The summed E-state index contributed by atoms with van der Waals surface area (Å²) in [4.78, 5) is 28.2. The molecule has 0 saturated carbocycles. The summed E-state index contributed by atoms with van der Waals surface area (Å²) in [5.41, 5.74) is 1.09. The summed E-state index contributed by atoms with van der Waals surface area (Å²) in [6, 6.07) is 8.46. The van der Waals surface area contributed by atoms with E-state index in [-0.39, 0.29) is 33.5 Å². The Labute approximate surface area is 166 Å². The number of pyridine rings is 1. The Bertz CT molecular complexity index is 857. The molecule has 2 amide bonds. The molecule has 0 bridgehead atoms. The second-order valence-corrected chi connectivity index (χ2v) is 6.73. The highest BCUT2D eigenvalue weighted by Gasteiger charge is 2.15. The van der Waals surface area contributed by atoms with Crippen LogP contribution in [0.25, 0.3) is 0 Å². The number of amides is 2. The van der Waals surface area contributed by atoms with E-state index in [0.29, 0.717) is 24.2 Å². The Balaban J connectivity index is 1.81. The van der Waals surface area contributed by atoms with E-state index in [1.54, 1.807) is 6.92 Å². The Morgan fingerprint density at radius 2 is 1.85 bits per heavy atom. The highest BCUT2D eigenvalue weighted by atomic mass is 35.5. The maximum atomic E-state index is 12.9. The molecule has 0 spiro atoms. The van der Waals surface area contributed by atoms with Gasteiger partial charge in [0, 0.05) is 17.3 Å². The van der Waals surface area contributed by atoms with E-state index in [4.69, 9.17) is 23.2 Å². The number of carbonyl (C=O) groups excluding carboxylic acids is 2. The lowest BCUT2D eigenvalue weighted by atomic mass is 10.0. The van der Waals surface area contributed by atoms with Crippen LogP contribution in [0.3, 0.4) is 0 Å². The number of benzene rings is 1. The lowest BCUT2D eigenvalue weighted by molar-refractivity contribution is -0.119. The molecule has 0 saturated heterocycles. The average Bonchev–Trinajstić information content (AvgIpc) is 2.63. The summed E-state index contributed by atoms with van der Waals surface area (Å²) in [7, 11) is 0. The lowest BCUT2D eigenvalue weighted by Crippen LogP contribution is -2.25. The van der Waals surface area contributed by atoms with E-state index < -0.39 is 5.91 Å². The molecule has 8 heteroatoms. The third-order valence-electron chi connectivity index (χ3n) is 3.76. The minimum atomic E-state index is -0.456. The average molecular weight is 410 g/mol. The topological polar surface area (TPSA) is 71.1 Å². The van der Waals surface area contributed by atoms with Crippen LogP contribution in [-0.2, 0) is 4.79 Å². The van der Waals surface area contributed by atoms with Crippen LogP contribution in [-0.4, -0.2) is 16.8 Å². The molecule has 0 aliphatic heterocycles. The van der Waals surface area contributed by atoms with Gasteiger partial charge in [-0.3, -0.25) is 9.59 Å². The fraction of sp³-hybridized carbons (Fsp3) is 0.211. The van der Waals surface area contributed by atoms with Crippen LogP contribution >= 0.6 is 23.2 Å². The number of halogens is 3. The number of nitrogens with zero attached hydrogens (tertiary/aromatic N) is 1. The minimum absolute atomic E-state index is 0.0426. The van der Waals surface area contributed by atoms with Gasteiger partial charge in [0.1, 0.15) is 16.7 Å². The fourth-order valence-corrected chi connectivity index (χ4v) is 2.41. The van der Waals surface area contributed by atoms with Crippen molar-refractivity contribution in [3.05, 3.63) is 70.4 Å². The van der Waals surface area contributed by atoms with Crippen molar-refractivity contribution in [1.29, 1.82) is 0 Å². The minimum Gasteiger partial charge on any atom is -0.326 e. The molecule has 2 N–H and O–H groups in total. The Hall–Kier alpha value is -2.44. The van der Waals surface area contributed by atoms with Crippen molar-refractivity contribution in [1.82, 2.24) is 10.3 Å². The first-order valence-electron chi connectivity index (χ1n) is 8.14. The molecule has 0 fully saturated rings. The normalized spacial score (nSPS) is 11.6. The van der Waals surface area contributed by atoms with Gasteiger partial charge in [-0.15, -0.1) is 0 Å². The van der Waals surface area contributed by atoms with E-state index in [1.807, 2.05) is 0 Å². The summed E-state index contributed by atoms with van der Waals surface area (Å²) in [5.74, 6) is -1.36. The third kappa shape index (κ3) is 6.34.